The lowest BCUT2D eigenvalue weighted by molar-refractivity contribution is -0.144. The summed E-state index contributed by atoms with van der Waals surface area (Å²) in [6.45, 7) is 2.98. The summed E-state index contributed by atoms with van der Waals surface area (Å²) in [5.74, 6) is 0.730. The number of thiophene rings is 1. The minimum Gasteiger partial charge on any atom is -0.497 e. The van der Waals surface area contributed by atoms with Crippen LogP contribution in [0, 0.1) is 6.92 Å². The number of esters is 1. The topological polar surface area (TPSA) is 108 Å². The molecule has 0 atom stereocenters. The summed E-state index contributed by atoms with van der Waals surface area (Å²) in [5, 5.41) is 0.387. The summed E-state index contributed by atoms with van der Waals surface area (Å²) >= 11 is 1.16. The molecule has 1 aromatic carbocycles. The van der Waals surface area contributed by atoms with E-state index in [1.807, 2.05) is 0 Å². The van der Waals surface area contributed by atoms with Crippen molar-refractivity contribution in [1.82, 2.24) is 9.97 Å². The van der Waals surface area contributed by atoms with Gasteiger partial charge in [0.25, 0.3) is 5.56 Å². The van der Waals surface area contributed by atoms with Crippen molar-refractivity contribution in [2.45, 2.75) is 26.9 Å². The van der Waals surface area contributed by atoms with E-state index in [4.69, 9.17) is 14.2 Å². The molecule has 3 rings (SSSR count). The zero-order valence-electron chi connectivity index (χ0n) is 16.5. The van der Waals surface area contributed by atoms with Gasteiger partial charge in [-0.05, 0) is 25.5 Å². The molecule has 0 radical (unpaired) electrons. The van der Waals surface area contributed by atoms with Crippen molar-refractivity contribution in [3.63, 3.8) is 0 Å². The van der Waals surface area contributed by atoms with E-state index in [1.54, 1.807) is 32.2 Å². The number of nitrogens with zero attached hydrogens (tertiary/aromatic N) is 1. The summed E-state index contributed by atoms with van der Waals surface area (Å²) < 4.78 is 15.7. The normalized spacial score (nSPS) is 10.8. The summed E-state index contributed by atoms with van der Waals surface area (Å²) in [6, 6.07) is 5.13. The monoisotopic (exact) mass is 416 g/mol. The predicted molar refractivity (Wildman–Crippen MR) is 108 cm³/mol. The first-order chi connectivity index (χ1) is 13.8. The number of ether oxygens (including phenoxy) is 3. The first-order valence-electron chi connectivity index (χ1n) is 8.73. The molecule has 152 valence electrons. The Morgan fingerprint density at radius 1 is 1.21 bits per heavy atom. The number of Topliss-reactive ketones (excluding diaryl/α,β-unsaturated/α-hetero) is 1. The van der Waals surface area contributed by atoms with E-state index < -0.39 is 5.97 Å². The fraction of sp³-hybridized carbons (Fsp3) is 0.300. The third-order valence-corrected chi connectivity index (χ3v) is 5.65. The van der Waals surface area contributed by atoms with Crippen LogP contribution in [0.3, 0.4) is 0 Å². The van der Waals surface area contributed by atoms with Crippen molar-refractivity contribution < 1.29 is 23.8 Å². The van der Waals surface area contributed by atoms with Gasteiger partial charge in [-0.3, -0.25) is 14.4 Å². The summed E-state index contributed by atoms with van der Waals surface area (Å²) in [7, 11) is 3.05. The Bertz CT molecular complexity index is 1150. The van der Waals surface area contributed by atoms with E-state index in [9.17, 15) is 14.4 Å². The summed E-state index contributed by atoms with van der Waals surface area (Å²) in [4.78, 5) is 44.2. The first-order valence-corrected chi connectivity index (χ1v) is 9.55. The second-order valence-electron chi connectivity index (χ2n) is 6.32. The van der Waals surface area contributed by atoms with Gasteiger partial charge in [-0.2, -0.15) is 0 Å². The smallest absolute Gasteiger partial charge is 0.310 e. The number of methoxy groups -OCH3 is 2. The molecule has 29 heavy (non-hydrogen) atoms. The van der Waals surface area contributed by atoms with Gasteiger partial charge in [-0.25, -0.2) is 4.98 Å². The highest BCUT2D eigenvalue weighted by molar-refractivity contribution is 7.20. The van der Waals surface area contributed by atoms with E-state index in [0.717, 1.165) is 11.3 Å². The Morgan fingerprint density at radius 2 is 1.97 bits per heavy atom. The van der Waals surface area contributed by atoms with Crippen LogP contribution in [0.5, 0.6) is 11.5 Å². The maximum Gasteiger partial charge on any atom is 0.310 e. The quantitative estimate of drug-likeness (QED) is 0.466. The molecule has 0 amide bonds. The molecule has 0 unspecified atom stereocenters. The number of carbonyl (C=O) groups excluding carboxylic acids is 2. The molecular weight excluding hydrogens is 396 g/mol. The average Bonchev–Trinajstić information content (AvgIpc) is 3.04. The third-order valence-electron chi connectivity index (χ3n) is 4.37. The molecule has 1 N–H and O–H groups in total. The van der Waals surface area contributed by atoms with Gasteiger partial charge in [0.15, 0.2) is 5.78 Å². The number of aromatic nitrogens is 2. The molecule has 0 aliphatic carbocycles. The number of fused-ring (bicyclic) bond motifs is 1. The Labute approximate surface area is 170 Å². The van der Waals surface area contributed by atoms with Crippen LogP contribution >= 0.6 is 11.3 Å². The number of hydrogen-bond acceptors (Lipinski definition) is 8. The zero-order chi connectivity index (χ0) is 21.1. The highest BCUT2D eigenvalue weighted by Gasteiger charge is 2.17. The van der Waals surface area contributed by atoms with Crippen LogP contribution in [0.15, 0.2) is 23.0 Å². The number of hydrogen-bond donors (Lipinski definition) is 1. The van der Waals surface area contributed by atoms with E-state index in [0.29, 0.717) is 37.7 Å². The minimum atomic E-state index is -0.497. The average molecular weight is 416 g/mol. The van der Waals surface area contributed by atoms with Crippen LogP contribution in [0.25, 0.3) is 10.2 Å². The Hall–Kier alpha value is -3.20. The largest absolute Gasteiger partial charge is 0.497 e. The molecule has 0 aliphatic heterocycles. The molecule has 2 heterocycles. The molecule has 0 saturated carbocycles. The molecule has 2 aromatic heterocycles. The van der Waals surface area contributed by atoms with E-state index >= 15 is 0 Å². The maximum absolute atomic E-state index is 12.4. The van der Waals surface area contributed by atoms with Gasteiger partial charge in [-0.1, -0.05) is 6.07 Å². The van der Waals surface area contributed by atoms with E-state index in [1.165, 1.54) is 14.0 Å². The standard InChI is InChI=1S/C20H20N2O6S/c1-10-17-19(25)21-15(22-20(17)29-18(10)11(2)23)9-28-16(24)7-12-5-6-13(26-3)8-14(12)27-4/h5-6,8H,7,9H2,1-4H3,(H,21,22,25). The number of ketones is 1. The van der Waals surface area contributed by atoms with Crippen LogP contribution in [-0.4, -0.2) is 35.9 Å². The van der Waals surface area contributed by atoms with Crippen molar-refractivity contribution in [2.24, 2.45) is 0 Å². The van der Waals surface area contributed by atoms with Crippen LogP contribution < -0.4 is 15.0 Å². The van der Waals surface area contributed by atoms with Gasteiger partial charge in [0.05, 0.1) is 30.9 Å². The summed E-state index contributed by atoms with van der Waals surface area (Å²) in [6.07, 6.45) is -0.00770. The van der Waals surface area contributed by atoms with Crippen LogP contribution in [0.2, 0.25) is 0 Å². The van der Waals surface area contributed by atoms with Crippen LogP contribution in [-0.2, 0) is 22.6 Å². The molecule has 8 nitrogen and oxygen atoms in total. The van der Waals surface area contributed by atoms with Gasteiger partial charge in [0, 0.05) is 11.6 Å². The number of aromatic amines is 1. The van der Waals surface area contributed by atoms with Crippen LogP contribution in [0.1, 0.15) is 33.5 Å². The molecule has 0 saturated heterocycles. The lowest BCUT2D eigenvalue weighted by atomic mass is 10.1. The van der Waals surface area contributed by atoms with Gasteiger partial charge in [0.2, 0.25) is 0 Å². The fourth-order valence-electron chi connectivity index (χ4n) is 2.95. The highest BCUT2D eigenvalue weighted by Crippen LogP contribution is 2.27. The molecule has 0 bridgehead atoms. The second-order valence-corrected chi connectivity index (χ2v) is 7.32. The van der Waals surface area contributed by atoms with Crippen molar-refractivity contribution in [3.8, 4) is 11.5 Å². The van der Waals surface area contributed by atoms with E-state index in [2.05, 4.69) is 9.97 Å². The predicted octanol–water partition coefficient (Wildman–Crippen LogP) is 2.80. The van der Waals surface area contributed by atoms with Gasteiger partial charge in [-0.15, -0.1) is 11.3 Å². The van der Waals surface area contributed by atoms with Crippen molar-refractivity contribution in [3.05, 3.63) is 50.4 Å². The SMILES string of the molecule is COc1ccc(CC(=O)OCc2nc3sc(C(C)=O)c(C)c3c(=O)[nH]2)c(OC)c1. The number of aryl methyl sites for hydroxylation is 1. The molecule has 3 aromatic rings. The maximum atomic E-state index is 12.4. The number of H-pyrrole nitrogens is 1. The van der Waals surface area contributed by atoms with Crippen molar-refractivity contribution in [1.29, 1.82) is 0 Å². The number of rotatable bonds is 7. The lowest BCUT2D eigenvalue weighted by Crippen LogP contribution is -2.15. The van der Waals surface area contributed by atoms with Crippen molar-refractivity contribution >= 4 is 33.3 Å². The molecule has 0 aliphatic rings. The number of nitrogens with one attached hydrogen (secondary N) is 1. The molecule has 0 fully saturated rings. The highest BCUT2D eigenvalue weighted by atomic mass is 32.1. The minimum absolute atomic E-state index is 0.00770. The number of carbonyl (C=O) groups is 2. The fourth-order valence-corrected chi connectivity index (χ4v) is 4.04. The van der Waals surface area contributed by atoms with Gasteiger partial charge in [0.1, 0.15) is 28.8 Å². The number of benzene rings is 1. The van der Waals surface area contributed by atoms with Crippen LogP contribution in [0.4, 0.5) is 0 Å². The van der Waals surface area contributed by atoms with Gasteiger partial charge >= 0.3 is 5.97 Å². The Balaban J connectivity index is 1.74. The van der Waals surface area contributed by atoms with Gasteiger partial charge < -0.3 is 19.2 Å². The Kier molecular flexibility index (Phi) is 5.97. The Morgan fingerprint density at radius 3 is 2.62 bits per heavy atom. The van der Waals surface area contributed by atoms with Crippen molar-refractivity contribution in [2.75, 3.05) is 14.2 Å². The molecule has 0 spiro atoms. The van der Waals surface area contributed by atoms with E-state index in [-0.39, 0.29) is 30.2 Å². The first kappa shape index (κ1) is 20.5. The third kappa shape index (κ3) is 4.29. The summed E-state index contributed by atoms with van der Waals surface area (Å²) in [5.41, 5.74) is 0.899. The second kappa shape index (κ2) is 8.44. The molecular formula is C20H20N2O6S. The zero-order valence-corrected chi connectivity index (χ0v) is 17.3. The lowest BCUT2D eigenvalue weighted by Gasteiger charge is -2.10. The molecule has 9 heteroatoms.